The van der Waals surface area contributed by atoms with Crippen molar-refractivity contribution >= 4 is 34.0 Å². The average Bonchev–Trinajstić information content (AvgIpc) is 2.85. The molecule has 0 saturated carbocycles. The second kappa shape index (κ2) is 10.2. The molecule has 0 fully saturated rings. The number of aromatic nitrogens is 2. The van der Waals surface area contributed by atoms with Crippen LogP contribution in [0.1, 0.15) is 19.4 Å². The number of hydrogen-bond donors (Lipinski definition) is 1. The van der Waals surface area contributed by atoms with Gasteiger partial charge in [-0.05, 0) is 37.4 Å². The number of carbonyl (C=O) groups excluding carboxylic acids is 1. The molecule has 1 aliphatic heterocycles. The number of likely N-dealkylation sites (N-methyl/N-ethyl adjacent to an activating group) is 1. The van der Waals surface area contributed by atoms with E-state index in [1.807, 2.05) is 42.5 Å². The van der Waals surface area contributed by atoms with Crippen LogP contribution in [0.4, 0.5) is 17.2 Å². The molecule has 168 valence electrons. The Morgan fingerprint density at radius 2 is 2.12 bits per heavy atom. The highest BCUT2D eigenvalue weighted by molar-refractivity contribution is 6.05. The van der Waals surface area contributed by atoms with Crippen molar-refractivity contribution in [1.82, 2.24) is 14.9 Å². The molecule has 33 heavy (non-hydrogen) atoms. The Bertz CT molecular complexity index is 1230. The first kappa shape index (κ1) is 22.3. The summed E-state index contributed by atoms with van der Waals surface area (Å²) in [6.07, 6.45) is 10.6. The van der Waals surface area contributed by atoms with E-state index >= 15 is 0 Å². The lowest BCUT2D eigenvalue weighted by molar-refractivity contribution is -0.114. The lowest BCUT2D eigenvalue weighted by Crippen LogP contribution is -2.37. The van der Waals surface area contributed by atoms with Crippen LogP contribution in [-0.4, -0.2) is 53.6 Å². The van der Waals surface area contributed by atoms with Gasteiger partial charge in [0.25, 0.3) is 5.91 Å². The van der Waals surface area contributed by atoms with Crippen molar-refractivity contribution in [2.24, 2.45) is 0 Å². The van der Waals surface area contributed by atoms with Crippen LogP contribution in [-0.2, 0) is 4.79 Å². The lowest BCUT2D eigenvalue weighted by atomic mass is 10.1. The number of terminal acetylenes is 1. The number of hydrogen-bond acceptors (Lipinski definition) is 6. The number of nitrogens with zero attached hydrogens (tertiary/aromatic N) is 4. The molecule has 0 atom stereocenters. The lowest BCUT2D eigenvalue weighted by Gasteiger charge is -2.29. The Morgan fingerprint density at radius 3 is 2.91 bits per heavy atom. The van der Waals surface area contributed by atoms with Crippen LogP contribution in [0.5, 0.6) is 5.75 Å². The maximum Gasteiger partial charge on any atom is 0.250 e. The largest absolute Gasteiger partial charge is 0.489 e. The second-order valence-corrected chi connectivity index (χ2v) is 7.64. The number of benzene rings is 2. The summed E-state index contributed by atoms with van der Waals surface area (Å²) in [5.41, 5.74) is 3.04. The van der Waals surface area contributed by atoms with E-state index < -0.39 is 0 Å². The molecule has 3 aromatic rings. The van der Waals surface area contributed by atoms with Crippen LogP contribution < -0.4 is 15.0 Å². The van der Waals surface area contributed by atoms with Crippen molar-refractivity contribution < 1.29 is 9.53 Å². The smallest absolute Gasteiger partial charge is 0.250 e. The van der Waals surface area contributed by atoms with E-state index in [-0.39, 0.29) is 5.91 Å². The van der Waals surface area contributed by atoms with Crippen LogP contribution in [0.15, 0.2) is 54.9 Å². The third kappa shape index (κ3) is 4.97. The summed E-state index contributed by atoms with van der Waals surface area (Å²) in [6.45, 7) is 7.77. The highest BCUT2D eigenvalue weighted by Gasteiger charge is 2.24. The number of nitrogens with one attached hydrogen (secondary N) is 1. The van der Waals surface area contributed by atoms with Crippen LogP contribution in [0, 0.1) is 12.3 Å². The zero-order chi connectivity index (χ0) is 23.2. The third-order valence-electron chi connectivity index (χ3n) is 5.66. The minimum Gasteiger partial charge on any atom is -0.489 e. The molecule has 1 aliphatic rings. The number of anilines is 3. The summed E-state index contributed by atoms with van der Waals surface area (Å²) in [5, 5.41) is 4.11. The van der Waals surface area contributed by atoms with Gasteiger partial charge in [0, 0.05) is 35.3 Å². The zero-order valence-corrected chi connectivity index (χ0v) is 18.9. The highest BCUT2D eigenvalue weighted by atomic mass is 16.5. The minimum absolute atomic E-state index is 0.0702. The molecule has 4 rings (SSSR count). The number of fused-ring (bicyclic) bond motifs is 2. The van der Waals surface area contributed by atoms with Crippen molar-refractivity contribution in [3.8, 4) is 18.1 Å². The fraction of sp³-hybridized carbons (Fsp3) is 0.269. The Hall–Kier alpha value is -3.89. The highest BCUT2D eigenvalue weighted by Crippen LogP contribution is 2.37. The van der Waals surface area contributed by atoms with Crippen LogP contribution in [0.2, 0.25) is 0 Å². The monoisotopic (exact) mass is 441 g/mol. The van der Waals surface area contributed by atoms with E-state index in [1.165, 1.54) is 6.33 Å². The summed E-state index contributed by atoms with van der Waals surface area (Å²) in [5.74, 6) is 3.84. The van der Waals surface area contributed by atoms with Crippen molar-refractivity contribution in [1.29, 1.82) is 0 Å². The van der Waals surface area contributed by atoms with Gasteiger partial charge in [0.1, 0.15) is 24.5 Å². The summed E-state index contributed by atoms with van der Waals surface area (Å²) < 4.78 is 5.85. The quantitative estimate of drug-likeness (QED) is 0.442. The molecule has 1 amide bonds. The first-order chi connectivity index (χ1) is 16.1. The molecule has 2 heterocycles. The van der Waals surface area contributed by atoms with E-state index in [1.54, 1.807) is 11.0 Å². The van der Waals surface area contributed by atoms with Gasteiger partial charge in [-0.15, -0.1) is 6.42 Å². The molecule has 0 aliphatic carbocycles. The molecule has 7 heteroatoms. The first-order valence-corrected chi connectivity index (χ1v) is 11.1. The van der Waals surface area contributed by atoms with Gasteiger partial charge in [-0.25, -0.2) is 9.97 Å². The fourth-order valence-electron chi connectivity index (χ4n) is 3.79. The zero-order valence-electron chi connectivity index (χ0n) is 18.9. The molecule has 0 spiro atoms. The minimum atomic E-state index is -0.0702. The standard InChI is InChI=1S/C26H27N5O2/c1-4-19-9-7-10-20(15-19)29-26-21-16-23-24(17-22(21)27-18-28-26)33-14-13-31(23)25(32)11-8-12-30(5-2)6-3/h1,7-11,15-18H,5-6,12-14H2,2-3H3,(H,27,28,29)/b11-8+. The van der Waals surface area contributed by atoms with E-state index in [0.29, 0.717) is 30.4 Å². The SMILES string of the molecule is C#Cc1cccc(Nc2ncnc3cc4c(cc23)N(C(=O)/C=C/CN(CC)CC)CCO4)c1. The molecular formula is C26H27N5O2. The molecule has 0 saturated heterocycles. The summed E-state index contributed by atoms with van der Waals surface area (Å²) in [7, 11) is 0. The first-order valence-electron chi connectivity index (χ1n) is 11.1. The molecule has 0 radical (unpaired) electrons. The molecule has 1 N–H and O–H groups in total. The Labute approximate surface area is 194 Å². The van der Waals surface area contributed by atoms with Gasteiger partial charge in [-0.2, -0.15) is 0 Å². The summed E-state index contributed by atoms with van der Waals surface area (Å²) in [4.78, 5) is 25.8. The van der Waals surface area contributed by atoms with Crippen molar-refractivity contribution in [3.63, 3.8) is 0 Å². The van der Waals surface area contributed by atoms with Gasteiger partial charge in [0.2, 0.25) is 0 Å². The number of ether oxygens (including phenoxy) is 1. The predicted molar refractivity (Wildman–Crippen MR) is 132 cm³/mol. The normalized spacial score (nSPS) is 13.1. The molecule has 0 unspecified atom stereocenters. The average molecular weight is 442 g/mol. The van der Waals surface area contributed by atoms with Crippen LogP contribution in [0.3, 0.4) is 0 Å². The van der Waals surface area contributed by atoms with E-state index in [9.17, 15) is 4.79 Å². The van der Waals surface area contributed by atoms with Crippen molar-refractivity contribution in [2.75, 3.05) is 43.0 Å². The predicted octanol–water partition coefficient (Wildman–Crippen LogP) is 3.98. The molecular weight excluding hydrogens is 414 g/mol. The topological polar surface area (TPSA) is 70.6 Å². The van der Waals surface area contributed by atoms with Crippen molar-refractivity contribution in [3.05, 3.63) is 60.4 Å². The Kier molecular flexibility index (Phi) is 6.86. The van der Waals surface area contributed by atoms with Gasteiger partial charge < -0.3 is 19.9 Å². The van der Waals surface area contributed by atoms with E-state index in [4.69, 9.17) is 11.2 Å². The van der Waals surface area contributed by atoms with E-state index in [0.717, 1.165) is 41.8 Å². The summed E-state index contributed by atoms with van der Waals surface area (Å²) >= 11 is 0. The summed E-state index contributed by atoms with van der Waals surface area (Å²) in [6, 6.07) is 11.3. The van der Waals surface area contributed by atoms with Crippen LogP contribution >= 0.6 is 0 Å². The Balaban J connectivity index is 1.65. The third-order valence-corrected chi connectivity index (χ3v) is 5.66. The van der Waals surface area contributed by atoms with Crippen molar-refractivity contribution in [2.45, 2.75) is 13.8 Å². The van der Waals surface area contributed by atoms with Gasteiger partial charge in [0.15, 0.2) is 0 Å². The maximum absolute atomic E-state index is 13.0. The molecule has 2 aromatic carbocycles. The Morgan fingerprint density at radius 1 is 1.27 bits per heavy atom. The number of rotatable bonds is 7. The van der Waals surface area contributed by atoms with Gasteiger partial charge in [0.05, 0.1) is 17.7 Å². The fourth-order valence-corrected chi connectivity index (χ4v) is 3.79. The molecule has 7 nitrogen and oxygen atoms in total. The van der Waals surface area contributed by atoms with Gasteiger partial charge in [-0.1, -0.05) is 31.9 Å². The maximum atomic E-state index is 13.0. The molecule has 1 aromatic heterocycles. The number of carbonyl (C=O) groups is 1. The van der Waals surface area contributed by atoms with Gasteiger partial charge in [-0.3, -0.25) is 4.79 Å². The number of amides is 1. The van der Waals surface area contributed by atoms with Crippen LogP contribution in [0.25, 0.3) is 10.9 Å². The van der Waals surface area contributed by atoms with E-state index in [2.05, 4.69) is 40.0 Å². The molecule has 0 bridgehead atoms. The van der Waals surface area contributed by atoms with Gasteiger partial charge >= 0.3 is 0 Å². The second-order valence-electron chi connectivity index (χ2n) is 7.64.